The van der Waals surface area contributed by atoms with Gasteiger partial charge in [-0.15, -0.1) is 0 Å². The first-order valence-electron chi connectivity index (χ1n) is 9.87. The molecule has 0 aromatic rings. The molecule has 140 valence electrons. The van der Waals surface area contributed by atoms with Gasteiger partial charge >= 0.3 is 0 Å². The average Bonchev–Trinajstić information content (AvgIpc) is 2.76. The molecule has 26 heavy (non-hydrogen) atoms. The second-order valence-corrected chi connectivity index (χ2v) is 9.12. The van der Waals surface area contributed by atoms with Gasteiger partial charge in [0.15, 0.2) is 0 Å². The van der Waals surface area contributed by atoms with Crippen LogP contribution in [0.2, 0.25) is 0 Å². The first-order chi connectivity index (χ1) is 12.2. The summed E-state index contributed by atoms with van der Waals surface area (Å²) in [4.78, 5) is 5.10. The summed E-state index contributed by atoms with van der Waals surface area (Å²) in [5.74, 6) is 0.530. The molecule has 0 aromatic carbocycles. The fourth-order valence-corrected chi connectivity index (χ4v) is 4.78. The van der Waals surface area contributed by atoms with Gasteiger partial charge in [0.05, 0.1) is 18.2 Å². The molecule has 1 heterocycles. The summed E-state index contributed by atoms with van der Waals surface area (Å²) in [6.45, 7) is 12.6. The minimum atomic E-state index is -0.228. The third kappa shape index (κ3) is 3.05. The zero-order chi connectivity index (χ0) is 19.1. The standard InChI is InChI=1S/C23H33N3/c1-17(2)16-26-18(3)25(6)22(4)13-19(10-11-21(26)14-22)23(5)12-8-7-9-20(23)15-24/h7-12,17-18,20H,13-14,16H2,1-6H3. The highest BCUT2D eigenvalue weighted by molar-refractivity contribution is 5.39. The average molecular weight is 352 g/mol. The quantitative estimate of drug-likeness (QED) is 0.726. The van der Waals surface area contributed by atoms with Crippen molar-refractivity contribution in [3.63, 3.8) is 0 Å². The number of allylic oxidation sites excluding steroid dienone is 6. The lowest BCUT2D eigenvalue weighted by molar-refractivity contribution is -0.0303. The molecule has 4 atom stereocenters. The number of nitriles is 1. The normalized spacial score (nSPS) is 37.2. The van der Waals surface area contributed by atoms with Crippen molar-refractivity contribution in [1.82, 2.24) is 9.80 Å². The van der Waals surface area contributed by atoms with Crippen LogP contribution in [0, 0.1) is 28.6 Å². The van der Waals surface area contributed by atoms with Crippen LogP contribution < -0.4 is 0 Å². The van der Waals surface area contributed by atoms with Crippen LogP contribution in [-0.2, 0) is 0 Å². The molecule has 2 aliphatic carbocycles. The van der Waals surface area contributed by atoms with Crippen molar-refractivity contribution in [2.24, 2.45) is 17.3 Å². The van der Waals surface area contributed by atoms with E-state index in [1.165, 1.54) is 11.3 Å². The van der Waals surface area contributed by atoms with E-state index in [1.807, 2.05) is 12.2 Å². The van der Waals surface area contributed by atoms with E-state index < -0.39 is 0 Å². The van der Waals surface area contributed by atoms with Gasteiger partial charge < -0.3 is 4.90 Å². The second-order valence-electron chi connectivity index (χ2n) is 9.12. The Balaban J connectivity index is 2.03. The summed E-state index contributed by atoms with van der Waals surface area (Å²) in [5.41, 5.74) is 2.66. The monoisotopic (exact) mass is 351 g/mol. The molecule has 1 fully saturated rings. The molecule has 0 spiro atoms. The van der Waals surface area contributed by atoms with Crippen LogP contribution in [-0.4, -0.2) is 35.1 Å². The lowest BCUT2D eigenvalue weighted by atomic mass is 9.66. The molecular weight excluding hydrogens is 318 g/mol. The lowest BCUT2D eigenvalue weighted by Gasteiger charge is -2.54. The van der Waals surface area contributed by atoms with E-state index in [9.17, 15) is 5.26 Å². The Morgan fingerprint density at radius 2 is 1.96 bits per heavy atom. The highest BCUT2D eigenvalue weighted by atomic mass is 15.4. The molecule has 0 amide bonds. The largest absolute Gasteiger partial charge is 0.359 e. The smallest absolute Gasteiger partial charge is 0.0791 e. The van der Waals surface area contributed by atoms with Gasteiger partial charge in [0.1, 0.15) is 0 Å². The molecular formula is C23H33N3. The van der Waals surface area contributed by atoms with Crippen molar-refractivity contribution < 1.29 is 0 Å². The molecule has 3 heteroatoms. The maximum atomic E-state index is 9.72. The topological polar surface area (TPSA) is 30.3 Å². The Morgan fingerprint density at radius 1 is 1.23 bits per heavy atom. The third-order valence-electron chi connectivity index (χ3n) is 6.74. The van der Waals surface area contributed by atoms with Crippen molar-refractivity contribution in [1.29, 1.82) is 5.26 Å². The molecule has 0 saturated carbocycles. The zero-order valence-electron chi connectivity index (χ0n) is 17.2. The molecule has 0 aromatic heterocycles. The van der Waals surface area contributed by atoms with Crippen LogP contribution in [0.1, 0.15) is 47.5 Å². The van der Waals surface area contributed by atoms with Crippen molar-refractivity contribution >= 4 is 0 Å². The van der Waals surface area contributed by atoms with Crippen LogP contribution >= 0.6 is 0 Å². The Morgan fingerprint density at radius 3 is 2.62 bits per heavy atom. The van der Waals surface area contributed by atoms with E-state index in [4.69, 9.17) is 0 Å². The summed E-state index contributed by atoms with van der Waals surface area (Å²) in [7, 11) is 2.26. The molecule has 1 saturated heterocycles. The van der Waals surface area contributed by atoms with E-state index in [0.29, 0.717) is 12.1 Å². The van der Waals surface area contributed by atoms with Gasteiger partial charge in [0, 0.05) is 29.6 Å². The summed E-state index contributed by atoms with van der Waals surface area (Å²) in [5, 5.41) is 9.72. The van der Waals surface area contributed by atoms with Gasteiger partial charge in [-0.3, -0.25) is 4.90 Å². The Bertz CT molecular complexity index is 720. The first kappa shape index (κ1) is 19.0. The van der Waals surface area contributed by atoms with Crippen molar-refractivity contribution in [2.45, 2.75) is 59.2 Å². The van der Waals surface area contributed by atoms with Gasteiger partial charge in [0.25, 0.3) is 0 Å². The predicted molar refractivity (Wildman–Crippen MR) is 108 cm³/mol. The molecule has 2 bridgehead atoms. The molecule has 1 aliphatic heterocycles. The third-order valence-corrected chi connectivity index (χ3v) is 6.74. The summed E-state index contributed by atoms with van der Waals surface area (Å²) in [6, 6.07) is 2.52. The molecule has 0 N–H and O–H groups in total. The highest BCUT2D eigenvalue weighted by Crippen LogP contribution is 2.48. The van der Waals surface area contributed by atoms with Crippen LogP contribution in [0.15, 0.2) is 47.7 Å². The first-order valence-corrected chi connectivity index (χ1v) is 9.87. The van der Waals surface area contributed by atoms with E-state index in [1.54, 1.807) is 0 Å². The molecule has 3 rings (SSSR count). The van der Waals surface area contributed by atoms with Crippen molar-refractivity contribution in [3.8, 4) is 6.07 Å². The fraction of sp³-hybridized carbons (Fsp3) is 0.609. The maximum Gasteiger partial charge on any atom is 0.0791 e. The van der Waals surface area contributed by atoms with Crippen LogP contribution in [0.25, 0.3) is 0 Å². The SMILES string of the molecule is CC(C)CN1C2=CC=C(C3(C)C=CC=CC3C#N)CC(C)(C2)N(C)C1C. The Labute approximate surface area is 159 Å². The minimum absolute atomic E-state index is 0.0824. The van der Waals surface area contributed by atoms with E-state index in [0.717, 1.165) is 19.4 Å². The lowest BCUT2D eigenvalue weighted by Crippen LogP contribution is -2.60. The number of rotatable bonds is 3. The highest BCUT2D eigenvalue weighted by Gasteiger charge is 2.46. The number of hydrogen-bond acceptors (Lipinski definition) is 3. The van der Waals surface area contributed by atoms with Crippen molar-refractivity contribution in [2.75, 3.05) is 13.6 Å². The second kappa shape index (κ2) is 6.74. The Kier molecular flexibility index (Phi) is 4.92. The summed E-state index contributed by atoms with van der Waals surface area (Å²) >= 11 is 0. The summed E-state index contributed by atoms with van der Waals surface area (Å²) in [6.07, 6.45) is 15.5. The number of fused-ring (bicyclic) bond motifs is 2. The van der Waals surface area contributed by atoms with Gasteiger partial charge in [0.2, 0.25) is 0 Å². The number of hydrogen-bond donors (Lipinski definition) is 0. The fourth-order valence-electron chi connectivity index (χ4n) is 4.78. The molecule has 4 unspecified atom stereocenters. The van der Waals surface area contributed by atoms with Gasteiger partial charge in [-0.25, -0.2) is 0 Å². The van der Waals surface area contributed by atoms with Gasteiger partial charge in [-0.1, -0.05) is 56.7 Å². The maximum absolute atomic E-state index is 9.72. The molecule has 3 aliphatic rings. The predicted octanol–water partition coefficient (Wildman–Crippen LogP) is 4.87. The van der Waals surface area contributed by atoms with Crippen LogP contribution in [0.5, 0.6) is 0 Å². The van der Waals surface area contributed by atoms with Gasteiger partial charge in [-0.05, 0) is 39.3 Å². The number of nitrogens with zero attached hydrogens (tertiary/aromatic N) is 3. The zero-order valence-corrected chi connectivity index (χ0v) is 17.2. The minimum Gasteiger partial charge on any atom is -0.359 e. The van der Waals surface area contributed by atoms with Crippen molar-refractivity contribution in [3.05, 3.63) is 47.7 Å². The summed E-state index contributed by atoms with van der Waals surface area (Å²) < 4.78 is 0. The molecule has 3 nitrogen and oxygen atoms in total. The van der Waals surface area contributed by atoms with Crippen LogP contribution in [0.4, 0.5) is 0 Å². The Hall–Kier alpha value is -1.79. The van der Waals surface area contributed by atoms with E-state index in [2.05, 4.69) is 81.8 Å². The van der Waals surface area contributed by atoms with Crippen LogP contribution in [0.3, 0.4) is 0 Å². The van der Waals surface area contributed by atoms with Gasteiger partial charge in [-0.2, -0.15) is 5.26 Å². The molecule has 0 radical (unpaired) electrons. The van der Waals surface area contributed by atoms with E-state index >= 15 is 0 Å². The van der Waals surface area contributed by atoms with E-state index in [-0.39, 0.29) is 16.9 Å².